The van der Waals surface area contributed by atoms with Crippen LogP contribution in [0.15, 0.2) is 83.2 Å². The summed E-state index contributed by atoms with van der Waals surface area (Å²) in [6.45, 7) is 0. The van der Waals surface area contributed by atoms with Gasteiger partial charge in [-0.3, -0.25) is 0 Å². The molecule has 3 nitrogen and oxygen atoms in total. The van der Waals surface area contributed by atoms with Crippen molar-refractivity contribution < 1.29 is 30.1 Å². The van der Waals surface area contributed by atoms with Gasteiger partial charge >= 0.3 is 48.8 Å². The fraction of sp³-hybridized carbons (Fsp3) is 0.0588. The van der Waals surface area contributed by atoms with Crippen LogP contribution in [0.5, 0.6) is 11.5 Å². The molecule has 1 aliphatic rings. The maximum absolute atomic E-state index is 10.3. The van der Waals surface area contributed by atoms with Gasteiger partial charge in [-0.1, -0.05) is 60.7 Å². The van der Waals surface area contributed by atoms with Crippen molar-refractivity contribution in [3.05, 3.63) is 83.2 Å². The monoisotopic (exact) mass is 318 g/mol. The maximum atomic E-state index is 10.3. The summed E-state index contributed by atoms with van der Waals surface area (Å²) in [4.78, 5) is 0. The number of hydrogen-bond donors (Lipinski definition) is 0. The molecule has 3 rings (SSSR count). The Hall–Kier alpha value is -2.10. The first kappa shape index (κ1) is 17.0. The van der Waals surface area contributed by atoms with Crippen molar-refractivity contribution in [2.75, 3.05) is 0 Å². The first-order chi connectivity index (χ1) is 10.2. The molecule has 0 saturated heterocycles. The van der Waals surface area contributed by atoms with Crippen LogP contribution in [0.1, 0.15) is 6.42 Å². The van der Waals surface area contributed by atoms with Crippen molar-refractivity contribution in [2.45, 2.75) is 6.42 Å². The summed E-state index contributed by atoms with van der Waals surface area (Å²) in [5.74, 6) is 0.144. The van der Waals surface area contributed by atoms with Crippen molar-refractivity contribution in [2.24, 2.45) is 0 Å². The molecule has 0 fully saturated rings. The van der Waals surface area contributed by atoms with E-state index < -0.39 is 16.2 Å². The molecule has 0 amide bonds. The zero-order chi connectivity index (χ0) is 15.3. The number of allylic oxidation sites excluding steroid dienone is 4. The molecule has 4 heteroatoms. The van der Waals surface area contributed by atoms with Crippen LogP contribution < -0.4 is 10.2 Å². The number of benzene rings is 2. The van der Waals surface area contributed by atoms with Crippen LogP contribution in [-0.2, 0) is 19.9 Å². The Morgan fingerprint density at radius 1 is 0.810 bits per heavy atom. The van der Waals surface area contributed by atoms with E-state index in [0.717, 1.165) is 10.7 Å². The van der Waals surface area contributed by atoms with Gasteiger partial charge in [-0.05, 0) is 0 Å². The zero-order valence-corrected chi connectivity index (χ0v) is 12.8. The molecule has 0 unspecified atom stereocenters. The number of hydrogen-bond acceptors (Lipinski definition) is 3. The number of para-hydroxylation sites is 2. The first-order valence-corrected chi connectivity index (χ1v) is 7.62. The van der Waals surface area contributed by atoms with Gasteiger partial charge in [0.05, 0.1) is 0 Å². The zero-order valence-electron chi connectivity index (χ0n) is 11.4. The standard InChI is InChI=1S/2C6H6O.C5H5.O.V/c2*7-6-4-2-1-3-5-6;1-2-4-5-3-1;;/h2*1-5,7H;1-3H,4H2;;/q;;;;+2/p-2. The molecule has 0 radical (unpaired) electrons. The topological polar surface area (TPSA) is 63.2 Å². The van der Waals surface area contributed by atoms with Crippen molar-refractivity contribution in [1.29, 1.82) is 0 Å². The van der Waals surface area contributed by atoms with Crippen LogP contribution in [0.25, 0.3) is 0 Å². The molecule has 0 heterocycles. The molecule has 0 bridgehead atoms. The molecule has 0 saturated carbocycles. The van der Waals surface area contributed by atoms with E-state index in [1.165, 1.54) is 24.3 Å². The van der Waals surface area contributed by atoms with Gasteiger partial charge in [0.2, 0.25) is 0 Å². The summed E-state index contributed by atoms with van der Waals surface area (Å²) < 4.78 is 11.2. The molecule has 0 aromatic heterocycles. The van der Waals surface area contributed by atoms with Crippen molar-refractivity contribution >= 4 is 0 Å². The Balaban J connectivity index is 0.000000157. The van der Waals surface area contributed by atoms with E-state index in [0.29, 0.717) is 0 Å². The van der Waals surface area contributed by atoms with Gasteiger partial charge in [0.1, 0.15) is 0 Å². The normalized spacial score (nSPS) is 11.1. The van der Waals surface area contributed by atoms with Gasteiger partial charge in [-0.15, -0.1) is 11.5 Å². The van der Waals surface area contributed by atoms with Crippen LogP contribution in [0.4, 0.5) is 0 Å². The quantitative estimate of drug-likeness (QED) is 0.812. The van der Waals surface area contributed by atoms with Gasteiger partial charge in [0.15, 0.2) is 0 Å². The van der Waals surface area contributed by atoms with E-state index in [9.17, 15) is 13.9 Å². The Morgan fingerprint density at radius 3 is 1.48 bits per heavy atom. The second kappa shape index (κ2) is 10.7. The summed E-state index contributed by atoms with van der Waals surface area (Å²) in [6, 6.07) is 16.7. The average Bonchev–Trinajstić information content (AvgIpc) is 3.04. The van der Waals surface area contributed by atoms with Gasteiger partial charge in [0.25, 0.3) is 0 Å². The fourth-order valence-electron chi connectivity index (χ4n) is 1.34. The van der Waals surface area contributed by atoms with Gasteiger partial charge in [0, 0.05) is 0 Å². The molecule has 106 valence electrons. The Kier molecular flexibility index (Phi) is 8.61. The van der Waals surface area contributed by atoms with Crippen molar-refractivity contribution in [3.63, 3.8) is 0 Å². The summed E-state index contributed by atoms with van der Waals surface area (Å²) in [7, 11) is 0. The van der Waals surface area contributed by atoms with E-state index in [4.69, 9.17) is 0 Å². The number of rotatable bonds is 1. The predicted molar refractivity (Wildman–Crippen MR) is 74.3 cm³/mol. The minimum atomic E-state index is -0.727. The molecule has 2 aromatic rings. The fourth-order valence-corrected chi connectivity index (χ4v) is 1.86. The van der Waals surface area contributed by atoms with Crippen LogP contribution in [-0.4, -0.2) is 0 Å². The third kappa shape index (κ3) is 8.63. The van der Waals surface area contributed by atoms with Crippen LogP contribution in [0, 0.1) is 0 Å². The van der Waals surface area contributed by atoms with Crippen molar-refractivity contribution in [1.82, 2.24) is 0 Å². The Morgan fingerprint density at radius 2 is 1.29 bits per heavy atom. The summed E-state index contributed by atoms with van der Waals surface area (Å²) >= 11 is -0.727. The molecular weight excluding hydrogens is 303 g/mol. The van der Waals surface area contributed by atoms with Crippen LogP contribution >= 0.6 is 0 Å². The second-order valence-electron chi connectivity index (χ2n) is 4.01. The van der Waals surface area contributed by atoms with Gasteiger partial charge in [-0.25, -0.2) is 0 Å². The molecule has 0 atom stereocenters. The van der Waals surface area contributed by atoms with E-state index in [-0.39, 0.29) is 11.5 Å². The summed E-state index contributed by atoms with van der Waals surface area (Å²) in [5.41, 5.74) is 0. The van der Waals surface area contributed by atoms with Crippen molar-refractivity contribution in [3.8, 4) is 11.5 Å². The van der Waals surface area contributed by atoms with E-state index >= 15 is 0 Å². The van der Waals surface area contributed by atoms with Gasteiger partial charge in [-0.2, -0.15) is 0 Å². The Labute approximate surface area is 131 Å². The molecule has 0 N–H and O–H groups in total. The SMILES string of the molecule is [O-]c1ccccc1.[O-]c1ccccc1.[O]=[V+2][C]1=CC=CC1. The molecule has 0 spiro atoms. The third-order valence-corrected chi connectivity index (χ3v) is 3.24. The minimum absolute atomic E-state index is 0.0718. The van der Waals surface area contributed by atoms with E-state index in [1.807, 2.05) is 30.4 Å². The van der Waals surface area contributed by atoms with Gasteiger partial charge < -0.3 is 10.2 Å². The third-order valence-electron chi connectivity index (χ3n) is 2.36. The molecule has 1 aliphatic carbocycles. The van der Waals surface area contributed by atoms with E-state index in [1.54, 1.807) is 24.3 Å². The molecule has 0 aliphatic heterocycles. The van der Waals surface area contributed by atoms with E-state index in [2.05, 4.69) is 0 Å². The molecule has 2 aromatic carbocycles. The summed E-state index contributed by atoms with van der Waals surface area (Å²) in [5, 5.41) is 20.5. The van der Waals surface area contributed by atoms with Crippen LogP contribution in [0.3, 0.4) is 0 Å². The first-order valence-electron chi connectivity index (χ1n) is 6.35. The molecular formula is C17H15O3V. The summed E-state index contributed by atoms with van der Waals surface area (Å²) in [6.07, 6.45) is 6.81. The second-order valence-corrected chi connectivity index (χ2v) is 5.19. The average molecular weight is 318 g/mol. The van der Waals surface area contributed by atoms with Crippen LogP contribution in [0.2, 0.25) is 0 Å². The molecule has 21 heavy (non-hydrogen) atoms. The Bertz CT molecular complexity index is 540. The predicted octanol–water partition coefficient (Wildman–Crippen LogP) is 2.78.